The van der Waals surface area contributed by atoms with Crippen LogP contribution in [0.2, 0.25) is 0 Å². The van der Waals surface area contributed by atoms with E-state index in [1.165, 1.54) is 5.56 Å². The van der Waals surface area contributed by atoms with Gasteiger partial charge in [0.2, 0.25) is 11.8 Å². The van der Waals surface area contributed by atoms with Crippen molar-refractivity contribution in [2.24, 2.45) is 0 Å². The van der Waals surface area contributed by atoms with Crippen LogP contribution in [0.4, 0.5) is 0 Å². The summed E-state index contributed by atoms with van der Waals surface area (Å²) in [5.41, 5.74) is 2.86. The molecule has 0 N–H and O–H groups in total. The van der Waals surface area contributed by atoms with Gasteiger partial charge in [0.25, 0.3) is 0 Å². The normalized spacial score (nSPS) is 16.8. The molecule has 1 fully saturated rings. The van der Waals surface area contributed by atoms with Gasteiger partial charge in [0.15, 0.2) is 0 Å². The van der Waals surface area contributed by atoms with Crippen LogP contribution in [0.3, 0.4) is 0 Å². The number of para-hydroxylation sites is 2. The molecule has 1 atom stereocenters. The van der Waals surface area contributed by atoms with Gasteiger partial charge in [0.05, 0.1) is 23.8 Å². The van der Waals surface area contributed by atoms with Gasteiger partial charge in [-0.3, -0.25) is 4.79 Å². The van der Waals surface area contributed by atoms with Crippen molar-refractivity contribution in [3.8, 4) is 5.88 Å². The van der Waals surface area contributed by atoms with Gasteiger partial charge in [-0.2, -0.15) is 0 Å². The Hall–Kier alpha value is -2.95. The van der Waals surface area contributed by atoms with Crippen LogP contribution in [-0.2, 0) is 11.2 Å². The number of ether oxygens (including phenoxy) is 1. The van der Waals surface area contributed by atoms with Crippen molar-refractivity contribution in [3.05, 3.63) is 66.4 Å². The molecule has 0 aliphatic carbocycles. The fourth-order valence-corrected chi connectivity index (χ4v) is 3.27. The highest BCUT2D eigenvalue weighted by Gasteiger charge is 2.27. The Balaban J connectivity index is 1.32. The molecule has 4 rings (SSSR count). The standard InChI is InChI=1S/C21H21N3O2/c25-21(11-10-16-6-2-1-3-7-16)24-13-12-17(15-24)26-20-14-22-18-8-4-5-9-19(18)23-20/h1-9,14,17H,10-13,15H2. The molecule has 0 radical (unpaired) electrons. The van der Waals surface area contributed by atoms with Crippen molar-refractivity contribution in [1.82, 2.24) is 14.9 Å². The number of fused-ring (bicyclic) bond motifs is 1. The quantitative estimate of drug-likeness (QED) is 0.711. The number of hydrogen-bond donors (Lipinski definition) is 0. The third kappa shape index (κ3) is 3.82. The van der Waals surface area contributed by atoms with Crippen LogP contribution in [-0.4, -0.2) is 40.0 Å². The van der Waals surface area contributed by atoms with Crippen LogP contribution in [0.15, 0.2) is 60.8 Å². The second-order valence-electron chi connectivity index (χ2n) is 6.55. The summed E-state index contributed by atoms with van der Waals surface area (Å²) in [6.07, 6.45) is 3.77. The predicted molar refractivity (Wildman–Crippen MR) is 99.9 cm³/mol. The van der Waals surface area contributed by atoms with Crippen molar-refractivity contribution in [3.63, 3.8) is 0 Å². The zero-order chi connectivity index (χ0) is 17.8. The van der Waals surface area contributed by atoms with Crippen molar-refractivity contribution in [2.45, 2.75) is 25.4 Å². The third-order valence-electron chi connectivity index (χ3n) is 4.68. The van der Waals surface area contributed by atoms with Gasteiger partial charge in [-0.1, -0.05) is 42.5 Å². The maximum atomic E-state index is 12.4. The Labute approximate surface area is 152 Å². The van der Waals surface area contributed by atoms with E-state index < -0.39 is 0 Å². The number of carbonyl (C=O) groups is 1. The summed E-state index contributed by atoms with van der Waals surface area (Å²) in [7, 11) is 0. The zero-order valence-corrected chi connectivity index (χ0v) is 14.5. The van der Waals surface area contributed by atoms with E-state index in [0.717, 1.165) is 30.4 Å². The molecular formula is C21H21N3O2. The van der Waals surface area contributed by atoms with E-state index in [1.54, 1.807) is 6.20 Å². The molecule has 1 unspecified atom stereocenters. The summed E-state index contributed by atoms with van der Waals surface area (Å²) in [6, 6.07) is 17.8. The van der Waals surface area contributed by atoms with Crippen LogP contribution >= 0.6 is 0 Å². The van der Waals surface area contributed by atoms with Gasteiger partial charge in [-0.25, -0.2) is 9.97 Å². The summed E-state index contributed by atoms with van der Waals surface area (Å²) >= 11 is 0. The molecule has 5 nitrogen and oxygen atoms in total. The number of hydrogen-bond acceptors (Lipinski definition) is 4. The van der Waals surface area contributed by atoms with Gasteiger partial charge in [0, 0.05) is 19.4 Å². The molecule has 0 bridgehead atoms. The molecule has 2 aromatic carbocycles. The molecule has 1 aliphatic rings. The van der Waals surface area contributed by atoms with Gasteiger partial charge < -0.3 is 9.64 Å². The van der Waals surface area contributed by atoms with Gasteiger partial charge in [-0.15, -0.1) is 0 Å². The Morgan fingerprint density at radius 1 is 1.08 bits per heavy atom. The van der Waals surface area contributed by atoms with E-state index in [0.29, 0.717) is 18.8 Å². The number of rotatable bonds is 5. The first kappa shape index (κ1) is 16.5. The summed E-state index contributed by atoms with van der Waals surface area (Å²) in [5.74, 6) is 0.705. The number of benzene rings is 2. The molecule has 132 valence electrons. The summed E-state index contributed by atoms with van der Waals surface area (Å²) in [4.78, 5) is 23.2. The molecule has 0 spiro atoms. The number of carbonyl (C=O) groups excluding carboxylic acids is 1. The molecule has 1 aromatic heterocycles. The van der Waals surface area contributed by atoms with Crippen molar-refractivity contribution >= 4 is 16.9 Å². The lowest BCUT2D eigenvalue weighted by Crippen LogP contribution is -2.31. The monoisotopic (exact) mass is 347 g/mol. The largest absolute Gasteiger partial charge is 0.471 e. The van der Waals surface area contributed by atoms with Crippen LogP contribution in [0.1, 0.15) is 18.4 Å². The molecule has 1 saturated heterocycles. The first-order valence-corrected chi connectivity index (χ1v) is 8.98. The number of amides is 1. The fourth-order valence-electron chi connectivity index (χ4n) is 3.27. The fraction of sp³-hybridized carbons (Fsp3) is 0.286. The maximum absolute atomic E-state index is 12.4. The molecule has 5 heteroatoms. The predicted octanol–water partition coefficient (Wildman–Crippen LogP) is 3.24. The Bertz CT molecular complexity index is 898. The Morgan fingerprint density at radius 2 is 1.85 bits per heavy atom. The van der Waals surface area contributed by atoms with E-state index in [1.807, 2.05) is 47.4 Å². The van der Waals surface area contributed by atoms with Crippen LogP contribution in [0.25, 0.3) is 11.0 Å². The smallest absolute Gasteiger partial charge is 0.233 e. The van der Waals surface area contributed by atoms with Gasteiger partial charge >= 0.3 is 0 Å². The van der Waals surface area contributed by atoms with Crippen LogP contribution in [0, 0.1) is 0 Å². The summed E-state index contributed by atoms with van der Waals surface area (Å²) in [6.45, 7) is 1.35. The topological polar surface area (TPSA) is 55.3 Å². The van der Waals surface area contributed by atoms with E-state index in [4.69, 9.17) is 4.74 Å². The highest BCUT2D eigenvalue weighted by atomic mass is 16.5. The molecular weight excluding hydrogens is 326 g/mol. The molecule has 26 heavy (non-hydrogen) atoms. The average Bonchev–Trinajstić information content (AvgIpc) is 3.15. The van der Waals surface area contributed by atoms with Crippen molar-refractivity contribution in [1.29, 1.82) is 0 Å². The highest BCUT2D eigenvalue weighted by Crippen LogP contribution is 2.19. The molecule has 0 saturated carbocycles. The summed E-state index contributed by atoms with van der Waals surface area (Å²) in [5, 5.41) is 0. The minimum Gasteiger partial charge on any atom is -0.471 e. The number of aryl methyl sites for hydroxylation is 1. The Morgan fingerprint density at radius 3 is 2.69 bits per heavy atom. The SMILES string of the molecule is O=C(CCc1ccccc1)N1CCC(Oc2cnc3ccccc3n2)C1. The lowest BCUT2D eigenvalue weighted by Gasteiger charge is -2.17. The number of aromatic nitrogens is 2. The highest BCUT2D eigenvalue weighted by molar-refractivity contribution is 5.77. The Kier molecular flexibility index (Phi) is 4.78. The molecule has 1 amide bonds. The second kappa shape index (κ2) is 7.52. The van der Waals surface area contributed by atoms with Crippen molar-refractivity contribution < 1.29 is 9.53 Å². The summed E-state index contributed by atoms with van der Waals surface area (Å²) < 4.78 is 5.96. The molecule has 3 aromatic rings. The van der Waals surface area contributed by atoms with E-state index in [9.17, 15) is 4.79 Å². The lowest BCUT2D eigenvalue weighted by atomic mass is 10.1. The minimum atomic E-state index is -0.0221. The minimum absolute atomic E-state index is 0.0221. The number of likely N-dealkylation sites (tertiary alicyclic amines) is 1. The van der Waals surface area contributed by atoms with Crippen LogP contribution < -0.4 is 4.74 Å². The second-order valence-corrected chi connectivity index (χ2v) is 6.55. The zero-order valence-electron chi connectivity index (χ0n) is 14.5. The van der Waals surface area contributed by atoms with Gasteiger partial charge in [0.1, 0.15) is 6.10 Å². The van der Waals surface area contributed by atoms with Crippen LogP contribution in [0.5, 0.6) is 5.88 Å². The first-order chi connectivity index (χ1) is 12.8. The first-order valence-electron chi connectivity index (χ1n) is 8.98. The van der Waals surface area contributed by atoms with Gasteiger partial charge in [-0.05, 0) is 24.1 Å². The molecule has 2 heterocycles. The number of nitrogens with zero attached hydrogens (tertiary/aromatic N) is 3. The average molecular weight is 347 g/mol. The van der Waals surface area contributed by atoms with E-state index in [2.05, 4.69) is 22.1 Å². The van der Waals surface area contributed by atoms with Crippen molar-refractivity contribution in [2.75, 3.05) is 13.1 Å². The maximum Gasteiger partial charge on any atom is 0.233 e. The molecule has 1 aliphatic heterocycles. The lowest BCUT2D eigenvalue weighted by molar-refractivity contribution is -0.130. The third-order valence-corrected chi connectivity index (χ3v) is 4.68. The van der Waals surface area contributed by atoms with E-state index in [-0.39, 0.29) is 12.0 Å². The van der Waals surface area contributed by atoms with E-state index >= 15 is 0 Å².